The van der Waals surface area contributed by atoms with Crippen LogP contribution < -0.4 is 11.5 Å². The molecule has 7 nitrogen and oxygen atoms in total. The molecule has 2 amide bonds. The summed E-state index contributed by atoms with van der Waals surface area (Å²) in [5, 5.41) is 0. The van der Waals surface area contributed by atoms with E-state index in [1.165, 1.54) is 6.26 Å². The van der Waals surface area contributed by atoms with Crippen molar-refractivity contribution in [3.05, 3.63) is 47.9 Å². The lowest BCUT2D eigenvalue weighted by Crippen LogP contribution is -2.13. The molecule has 0 spiro atoms. The molecular weight excluding hydrogens is 252 g/mol. The minimum Gasteiger partial charge on any atom is -0.461 e. The zero-order chi connectivity index (χ0) is 14.1. The van der Waals surface area contributed by atoms with Crippen LogP contribution in [0.15, 0.2) is 42.4 Å². The highest BCUT2D eigenvalue weighted by Gasteiger charge is 2.10. The molecule has 102 valence electrons. The van der Waals surface area contributed by atoms with Crippen molar-refractivity contribution in [1.82, 2.24) is 0 Å². The van der Waals surface area contributed by atoms with Gasteiger partial charge in [0.05, 0.1) is 0 Å². The molecule has 1 aromatic rings. The summed E-state index contributed by atoms with van der Waals surface area (Å²) in [6.07, 6.45) is 0.455. The number of ether oxygens (including phenoxy) is 3. The molecular formula is C12H14N2O5. The molecule has 1 heterocycles. The van der Waals surface area contributed by atoms with E-state index in [4.69, 9.17) is 11.5 Å². The Balaban J connectivity index is 0.000000200. The second-order valence-corrected chi connectivity index (χ2v) is 3.37. The van der Waals surface area contributed by atoms with Crippen LogP contribution in [-0.4, -0.2) is 18.8 Å². The van der Waals surface area contributed by atoms with E-state index >= 15 is 0 Å². The highest BCUT2D eigenvalue weighted by Crippen LogP contribution is 2.03. The number of rotatable bonds is 3. The van der Waals surface area contributed by atoms with Crippen LogP contribution in [0.4, 0.5) is 4.79 Å². The van der Waals surface area contributed by atoms with Gasteiger partial charge in [0.15, 0.2) is 0 Å². The number of carbonyl (C=O) groups excluding carboxylic acids is 2. The van der Waals surface area contributed by atoms with E-state index in [0.717, 1.165) is 5.56 Å². The fourth-order valence-electron chi connectivity index (χ4n) is 1.10. The minimum absolute atomic E-state index is 0.0880. The van der Waals surface area contributed by atoms with Crippen molar-refractivity contribution in [1.29, 1.82) is 0 Å². The number of carbonyl (C=O) groups is 2. The highest BCUT2D eigenvalue weighted by atomic mass is 16.7. The summed E-state index contributed by atoms with van der Waals surface area (Å²) in [4.78, 5) is 20.3. The Morgan fingerprint density at radius 1 is 1.21 bits per heavy atom. The molecule has 7 heteroatoms. The largest absolute Gasteiger partial charge is 0.461 e. The quantitative estimate of drug-likeness (QED) is 0.831. The summed E-state index contributed by atoms with van der Waals surface area (Å²) in [7, 11) is 0. The van der Waals surface area contributed by atoms with Crippen molar-refractivity contribution in [3.63, 3.8) is 0 Å². The zero-order valence-electron chi connectivity index (χ0n) is 10.1. The lowest BCUT2D eigenvalue weighted by atomic mass is 10.2. The van der Waals surface area contributed by atoms with Crippen molar-refractivity contribution in [2.24, 2.45) is 11.5 Å². The maximum absolute atomic E-state index is 10.2. The number of hydrogen-bond acceptors (Lipinski definition) is 5. The molecule has 0 fully saturated rings. The van der Waals surface area contributed by atoms with E-state index in [2.05, 4.69) is 14.2 Å². The molecule has 0 aliphatic carbocycles. The molecule has 0 unspecified atom stereocenters. The summed E-state index contributed by atoms with van der Waals surface area (Å²) >= 11 is 0. The standard InChI is InChI=1S/C8H9NO2.C4H5NO3/c9-8(10)11-6-7-4-2-1-3-5-7;5-4(6)3-1-7-2-8-3/h1-5H,6H2,(H2,9,10);1H,2H2,(H2,5,6). The SMILES string of the molecule is NC(=O)C1=COCO1.NC(=O)OCc1ccccc1. The van der Waals surface area contributed by atoms with Crippen LogP contribution in [0, 0.1) is 0 Å². The molecule has 0 bridgehead atoms. The van der Waals surface area contributed by atoms with Crippen molar-refractivity contribution in [2.45, 2.75) is 6.61 Å². The van der Waals surface area contributed by atoms with Crippen molar-refractivity contribution in [2.75, 3.05) is 6.79 Å². The van der Waals surface area contributed by atoms with E-state index in [1.54, 1.807) is 0 Å². The van der Waals surface area contributed by atoms with Gasteiger partial charge in [-0.05, 0) is 5.56 Å². The molecule has 0 saturated heterocycles. The van der Waals surface area contributed by atoms with Crippen LogP contribution in [0.1, 0.15) is 5.56 Å². The molecule has 0 atom stereocenters. The van der Waals surface area contributed by atoms with E-state index in [0.29, 0.717) is 0 Å². The van der Waals surface area contributed by atoms with Crippen LogP contribution in [0.3, 0.4) is 0 Å². The Morgan fingerprint density at radius 2 is 1.89 bits per heavy atom. The molecule has 0 saturated carbocycles. The lowest BCUT2D eigenvalue weighted by molar-refractivity contribution is -0.117. The first-order valence-electron chi connectivity index (χ1n) is 5.30. The predicted molar refractivity (Wildman–Crippen MR) is 65.1 cm³/mol. The van der Waals surface area contributed by atoms with E-state index in [9.17, 15) is 9.59 Å². The van der Waals surface area contributed by atoms with Gasteiger partial charge in [0.25, 0.3) is 5.91 Å². The number of benzene rings is 1. The third-order valence-electron chi connectivity index (χ3n) is 1.94. The molecule has 0 radical (unpaired) electrons. The van der Waals surface area contributed by atoms with Crippen molar-refractivity contribution >= 4 is 12.0 Å². The summed E-state index contributed by atoms with van der Waals surface area (Å²) in [5.74, 6) is -0.507. The average molecular weight is 266 g/mol. The average Bonchev–Trinajstić information content (AvgIpc) is 2.92. The van der Waals surface area contributed by atoms with Crippen LogP contribution in [0.25, 0.3) is 0 Å². The fourth-order valence-corrected chi connectivity index (χ4v) is 1.10. The van der Waals surface area contributed by atoms with Crippen molar-refractivity contribution < 1.29 is 23.8 Å². The van der Waals surface area contributed by atoms with Gasteiger partial charge >= 0.3 is 6.09 Å². The Bertz CT molecular complexity index is 458. The van der Waals surface area contributed by atoms with Gasteiger partial charge < -0.3 is 25.7 Å². The number of nitrogens with two attached hydrogens (primary N) is 2. The van der Waals surface area contributed by atoms with E-state index < -0.39 is 12.0 Å². The lowest BCUT2D eigenvalue weighted by Gasteiger charge is -1.99. The zero-order valence-corrected chi connectivity index (χ0v) is 10.1. The van der Waals surface area contributed by atoms with E-state index in [-0.39, 0.29) is 19.2 Å². The van der Waals surface area contributed by atoms with Crippen LogP contribution in [0.5, 0.6) is 0 Å². The molecule has 1 aliphatic heterocycles. The number of primary amides is 2. The van der Waals surface area contributed by atoms with Gasteiger partial charge in [0.2, 0.25) is 12.6 Å². The smallest absolute Gasteiger partial charge is 0.404 e. The summed E-state index contributed by atoms with van der Waals surface area (Å²) < 4.78 is 13.7. The topological polar surface area (TPSA) is 114 Å². The fraction of sp³-hybridized carbons (Fsp3) is 0.167. The van der Waals surface area contributed by atoms with Gasteiger partial charge in [-0.25, -0.2) is 4.79 Å². The normalized spacial score (nSPS) is 12.1. The first kappa shape index (κ1) is 14.4. The van der Waals surface area contributed by atoms with E-state index in [1.807, 2.05) is 30.3 Å². The van der Waals surface area contributed by atoms with Crippen LogP contribution in [0.2, 0.25) is 0 Å². The molecule has 19 heavy (non-hydrogen) atoms. The first-order chi connectivity index (χ1) is 9.09. The summed E-state index contributed by atoms with van der Waals surface area (Å²) in [5.41, 5.74) is 10.5. The number of hydrogen-bond donors (Lipinski definition) is 2. The minimum atomic E-state index is -0.742. The Kier molecular flexibility index (Phi) is 5.74. The maximum Gasteiger partial charge on any atom is 0.404 e. The van der Waals surface area contributed by atoms with Crippen LogP contribution >= 0.6 is 0 Å². The second kappa shape index (κ2) is 7.59. The molecule has 1 aliphatic rings. The molecule has 1 aromatic carbocycles. The third-order valence-corrected chi connectivity index (χ3v) is 1.94. The Hall–Kier alpha value is -2.70. The Morgan fingerprint density at radius 3 is 2.32 bits per heavy atom. The monoisotopic (exact) mass is 266 g/mol. The van der Waals surface area contributed by atoms with Crippen molar-refractivity contribution in [3.8, 4) is 0 Å². The molecule has 0 aromatic heterocycles. The summed E-state index contributed by atoms with van der Waals surface area (Å²) in [6.45, 7) is 0.342. The van der Waals surface area contributed by atoms with Gasteiger partial charge in [0.1, 0.15) is 12.9 Å². The third kappa shape index (κ3) is 5.97. The van der Waals surface area contributed by atoms with Gasteiger partial charge in [-0.3, -0.25) is 4.79 Å². The summed E-state index contributed by atoms with van der Waals surface area (Å²) in [6, 6.07) is 9.37. The number of amides is 2. The second-order valence-electron chi connectivity index (χ2n) is 3.37. The maximum atomic E-state index is 10.2. The predicted octanol–water partition coefficient (Wildman–Crippen LogP) is 0.599. The highest BCUT2D eigenvalue weighted by molar-refractivity contribution is 5.89. The first-order valence-corrected chi connectivity index (χ1v) is 5.30. The van der Waals surface area contributed by atoms with Gasteiger partial charge in [-0.2, -0.15) is 0 Å². The molecule has 4 N–H and O–H groups in total. The molecule has 2 rings (SSSR count). The Labute approximate surface area is 109 Å². The van der Waals surface area contributed by atoms with Gasteiger partial charge in [-0.1, -0.05) is 30.3 Å². The van der Waals surface area contributed by atoms with Gasteiger partial charge in [0, 0.05) is 0 Å². The van der Waals surface area contributed by atoms with Crippen LogP contribution in [-0.2, 0) is 25.6 Å². The van der Waals surface area contributed by atoms with Gasteiger partial charge in [-0.15, -0.1) is 0 Å².